The van der Waals surface area contributed by atoms with Crippen molar-refractivity contribution in [2.45, 2.75) is 122 Å². The average molecular weight is 405 g/mol. The monoisotopic (exact) mass is 404 g/mol. The van der Waals surface area contributed by atoms with E-state index >= 15 is 0 Å². The van der Waals surface area contributed by atoms with E-state index in [-0.39, 0.29) is 43.5 Å². The van der Waals surface area contributed by atoms with Crippen LogP contribution in [-0.2, 0) is 10.1 Å². The summed E-state index contributed by atoms with van der Waals surface area (Å²) in [6.45, 7) is 2.27. The quantitative estimate of drug-likeness (QED) is 0.163. The molecule has 0 aromatic carbocycles. The van der Waals surface area contributed by atoms with E-state index in [1.165, 1.54) is 96.3 Å². The minimum absolute atomic E-state index is 0. The van der Waals surface area contributed by atoms with Gasteiger partial charge in [-0.3, -0.25) is 4.55 Å². The SMILES string of the molecule is CCCCCCCCCCCCCCCCCCCCS(=O)(=O)O.[CaH2]. The van der Waals surface area contributed by atoms with Crippen LogP contribution in [0.15, 0.2) is 0 Å². The van der Waals surface area contributed by atoms with Crippen molar-refractivity contribution < 1.29 is 13.0 Å². The second kappa shape index (κ2) is 21.5. The Bertz CT molecular complexity index is 345. The Labute approximate surface area is 187 Å². The summed E-state index contributed by atoms with van der Waals surface area (Å²) in [6.07, 6.45) is 23.2. The molecule has 0 aromatic rings. The molecular formula is C20H44CaO3S. The van der Waals surface area contributed by atoms with Gasteiger partial charge in [-0.25, -0.2) is 0 Å². The van der Waals surface area contributed by atoms with Crippen LogP contribution >= 0.6 is 0 Å². The van der Waals surface area contributed by atoms with Crippen LogP contribution in [-0.4, -0.2) is 56.5 Å². The fourth-order valence-electron chi connectivity index (χ4n) is 3.19. The predicted molar refractivity (Wildman–Crippen MR) is 114 cm³/mol. The van der Waals surface area contributed by atoms with Gasteiger partial charge >= 0.3 is 37.7 Å². The van der Waals surface area contributed by atoms with Crippen LogP contribution in [0.4, 0.5) is 0 Å². The molecule has 0 spiro atoms. The Morgan fingerprint density at radius 2 is 0.760 bits per heavy atom. The van der Waals surface area contributed by atoms with E-state index in [9.17, 15) is 8.42 Å². The molecule has 0 radical (unpaired) electrons. The molecule has 0 atom stereocenters. The van der Waals surface area contributed by atoms with Crippen LogP contribution < -0.4 is 0 Å². The molecule has 25 heavy (non-hydrogen) atoms. The summed E-state index contributed by atoms with van der Waals surface area (Å²) in [5.74, 6) is -0.0776. The molecule has 150 valence electrons. The molecule has 1 N–H and O–H groups in total. The van der Waals surface area contributed by atoms with E-state index in [4.69, 9.17) is 4.55 Å². The third-order valence-corrected chi connectivity index (χ3v) is 5.56. The van der Waals surface area contributed by atoms with Gasteiger partial charge in [0.15, 0.2) is 0 Å². The minimum atomic E-state index is -3.75. The van der Waals surface area contributed by atoms with Crippen molar-refractivity contribution >= 4 is 47.9 Å². The van der Waals surface area contributed by atoms with Crippen LogP contribution in [0, 0.1) is 0 Å². The molecule has 0 amide bonds. The van der Waals surface area contributed by atoms with Crippen LogP contribution in [0.2, 0.25) is 0 Å². The molecule has 3 nitrogen and oxygen atoms in total. The molecule has 0 aliphatic heterocycles. The first-order chi connectivity index (χ1) is 11.6. The van der Waals surface area contributed by atoms with Crippen LogP contribution in [0.25, 0.3) is 0 Å². The molecule has 0 unspecified atom stereocenters. The summed E-state index contributed by atoms with van der Waals surface area (Å²) in [7, 11) is -3.75. The van der Waals surface area contributed by atoms with Gasteiger partial charge in [0.25, 0.3) is 10.1 Å². The van der Waals surface area contributed by atoms with Gasteiger partial charge in [0.05, 0.1) is 5.75 Å². The number of unbranched alkanes of at least 4 members (excludes halogenated alkanes) is 17. The van der Waals surface area contributed by atoms with Crippen LogP contribution in [0.1, 0.15) is 122 Å². The summed E-state index contributed by atoms with van der Waals surface area (Å²) < 4.78 is 29.7. The van der Waals surface area contributed by atoms with Gasteiger partial charge in [-0.15, -0.1) is 0 Å². The summed E-state index contributed by atoms with van der Waals surface area (Å²) in [4.78, 5) is 0. The maximum atomic E-state index is 10.6. The molecule has 0 aliphatic carbocycles. The van der Waals surface area contributed by atoms with Gasteiger partial charge in [0.1, 0.15) is 0 Å². The van der Waals surface area contributed by atoms with E-state index in [2.05, 4.69) is 6.92 Å². The topological polar surface area (TPSA) is 54.4 Å². The second-order valence-electron chi connectivity index (χ2n) is 7.30. The van der Waals surface area contributed by atoms with E-state index in [0.717, 1.165) is 12.8 Å². The van der Waals surface area contributed by atoms with E-state index in [0.29, 0.717) is 6.42 Å². The van der Waals surface area contributed by atoms with E-state index < -0.39 is 10.1 Å². The molecular weight excluding hydrogens is 360 g/mol. The molecule has 0 fully saturated rings. The zero-order valence-corrected chi connectivity index (χ0v) is 16.9. The van der Waals surface area contributed by atoms with Crippen molar-refractivity contribution in [3.63, 3.8) is 0 Å². The number of hydrogen-bond acceptors (Lipinski definition) is 2. The molecule has 0 heterocycles. The maximum absolute atomic E-state index is 10.6. The van der Waals surface area contributed by atoms with E-state index in [1.54, 1.807) is 0 Å². The van der Waals surface area contributed by atoms with Crippen molar-refractivity contribution in [3.05, 3.63) is 0 Å². The summed E-state index contributed by atoms with van der Waals surface area (Å²) >= 11 is 0. The standard InChI is InChI=1S/C20H42O3S.Ca.2H/c1-2-3-4-5-6-7-8-9-10-11-12-13-14-15-16-17-18-19-20-24(21,22)23;;;/h2-20H2,1H3,(H,21,22,23);;;. The van der Waals surface area contributed by atoms with Crippen molar-refractivity contribution in [1.82, 2.24) is 0 Å². The predicted octanol–water partition coefficient (Wildman–Crippen LogP) is 6.00. The fourth-order valence-corrected chi connectivity index (χ4v) is 3.76. The van der Waals surface area contributed by atoms with Gasteiger partial charge in [-0.05, 0) is 6.42 Å². The Morgan fingerprint density at radius 3 is 1.00 bits per heavy atom. The van der Waals surface area contributed by atoms with Gasteiger partial charge < -0.3 is 0 Å². The van der Waals surface area contributed by atoms with Crippen molar-refractivity contribution in [2.75, 3.05) is 5.75 Å². The molecule has 5 heteroatoms. The molecule has 0 bridgehead atoms. The molecule has 0 aromatic heterocycles. The Morgan fingerprint density at radius 1 is 0.520 bits per heavy atom. The normalized spacial score (nSPS) is 11.4. The Hall–Kier alpha value is 1.17. The van der Waals surface area contributed by atoms with Crippen LogP contribution in [0.5, 0.6) is 0 Å². The van der Waals surface area contributed by atoms with Crippen molar-refractivity contribution in [1.29, 1.82) is 0 Å². The fraction of sp³-hybridized carbons (Fsp3) is 1.00. The van der Waals surface area contributed by atoms with Crippen molar-refractivity contribution in [3.8, 4) is 0 Å². The summed E-state index contributed by atoms with van der Waals surface area (Å²) in [6, 6.07) is 0. The van der Waals surface area contributed by atoms with E-state index in [1.807, 2.05) is 0 Å². The first-order valence-electron chi connectivity index (χ1n) is 10.5. The Kier molecular flexibility index (Phi) is 24.4. The zero-order chi connectivity index (χ0) is 17.9. The summed E-state index contributed by atoms with van der Waals surface area (Å²) in [5, 5.41) is 0. The molecule has 0 saturated carbocycles. The summed E-state index contributed by atoms with van der Waals surface area (Å²) in [5.41, 5.74) is 0. The molecule has 0 saturated heterocycles. The van der Waals surface area contributed by atoms with Gasteiger partial charge in [0.2, 0.25) is 0 Å². The first kappa shape index (κ1) is 28.4. The van der Waals surface area contributed by atoms with Crippen molar-refractivity contribution in [2.24, 2.45) is 0 Å². The van der Waals surface area contributed by atoms with Gasteiger partial charge in [-0.2, -0.15) is 8.42 Å². The van der Waals surface area contributed by atoms with Gasteiger partial charge in [-0.1, -0.05) is 116 Å². The average Bonchev–Trinajstić information content (AvgIpc) is 2.52. The zero-order valence-electron chi connectivity index (χ0n) is 16.1. The van der Waals surface area contributed by atoms with Gasteiger partial charge in [0, 0.05) is 0 Å². The first-order valence-corrected chi connectivity index (χ1v) is 12.1. The number of hydrogen-bond donors (Lipinski definition) is 1. The van der Waals surface area contributed by atoms with Crippen LogP contribution in [0.3, 0.4) is 0 Å². The number of rotatable bonds is 19. The Balaban J connectivity index is 0. The molecule has 0 rings (SSSR count). The third-order valence-electron chi connectivity index (χ3n) is 4.76. The molecule has 0 aliphatic rings. The second-order valence-corrected chi connectivity index (χ2v) is 8.87. The third kappa shape index (κ3) is 27.5.